The van der Waals surface area contributed by atoms with Crippen molar-refractivity contribution in [3.05, 3.63) is 108 Å². The number of nitrogens with one attached hydrogen (secondary N) is 2. The smallest absolute Gasteiger partial charge is 0.407 e. The molecule has 6 rings (SSSR count). The van der Waals surface area contributed by atoms with E-state index in [2.05, 4.69) is 46.3 Å². The molecule has 8 nitrogen and oxygen atoms in total. The molecule has 2 heterocycles. The van der Waals surface area contributed by atoms with Crippen molar-refractivity contribution in [1.82, 2.24) is 19.4 Å². The Labute approximate surface area is 263 Å². The second kappa shape index (κ2) is 12.7. The van der Waals surface area contributed by atoms with Crippen LogP contribution < -0.4 is 10.8 Å². The van der Waals surface area contributed by atoms with Crippen molar-refractivity contribution in [3.8, 4) is 22.4 Å². The number of rotatable bonds is 7. The van der Waals surface area contributed by atoms with E-state index in [0.717, 1.165) is 70.2 Å². The van der Waals surface area contributed by atoms with Crippen LogP contribution in [0.2, 0.25) is 0 Å². The Morgan fingerprint density at radius 3 is 2.24 bits per heavy atom. The number of aliphatic hydroxyl groups is 1. The van der Waals surface area contributed by atoms with Crippen molar-refractivity contribution in [2.45, 2.75) is 77.3 Å². The van der Waals surface area contributed by atoms with Gasteiger partial charge < -0.3 is 24.3 Å². The van der Waals surface area contributed by atoms with Gasteiger partial charge in [-0.1, -0.05) is 84.9 Å². The van der Waals surface area contributed by atoms with E-state index in [9.17, 15) is 15.3 Å². The van der Waals surface area contributed by atoms with Crippen LogP contribution in [0.15, 0.2) is 91.3 Å². The lowest BCUT2D eigenvalue weighted by atomic mass is 9.93. The Kier molecular flexibility index (Phi) is 8.59. The summed E-state index contributed by atoms with van der Waals surface area (Å²) < 4.78 is 9.64. The minimum atomic E-state index is -0.564. The number of ether oxygens (including phenoxy) is 1. The highest BCUT2D eigenvalue weighted by Crippen LogP contribution is 2.40. The first-order valence-corrected chi connectivity index (χ1v) is 15.7. The molecule has 3 N–H and O–H groups in total. The van der Waals surface area contributed by atoms with E-state index in [1.807, 2.05) is 80.2 Å². The van der Waals surface area contributed by atoms with Crippen molar-refractivity contribution in [2.24, 2.45) is 0 Å². The quantitative estimate of drug-likeness (QED) is 0.183. The lowest BCUT2D eigenvalue weighted by Crippen LogP contribution is -2.32. The number of alkyl carbamates (subject to hydrolysis) is 1. The van der Waals surface area contributed by atoms with Gasteiger partial charge in [-0.25, -0.2) is 9.78 Å². The lowest BCUT2D eigenvalue weighted by molar-refractivity contribution is 0.0523. The zero-order valence-electron chi connectivity index (χ0n) is 26.2. The maximum absolute atomic E-state index is 12.3. The number of carbonyl (C=O) groups is 1. The van der Waals surface area contributed by atoms with E-state index >= 15 is 0 Å². The van der Waals surface area contributed by atoms with Crippen LogP contribution in [0.1, 0.15) is 63.6 Å². The van der Waals surface area contributed by atoms with Crippen LogP contribution in [0, 0.1) is 5.41 Å². The number of hydrogen-bond donors (Lipinski definition) is 3. The van der Waals surface area contributed by atoms with E-state index in [4.69, 9.17) is 9.72 Å². The number of amides is 1. The number of benzene rings is 3. The van der Waals surface area contributed by atoms with Crippen LogP contribution in [0.25, 0.3) is 33.4 Å². The molecule has 0 bridgehead atoms. The summed E-state index contributed by atoms with van der Waals surface area (Å²) in [6.07, 6.45) is 4.20. The molecule has 1 saturated carbocycles. The summed E-state index contributed by atoms with van der Waals surface area (Å²) in [6, 6.07) is 28.9. The molecule has 2 aromatic heterocycles. The van der Waals surface area contributed by atoms with E-state index in [1.54, 1.807) is 0 Å². The number of aliphatic hydroxyl groups excluding tert-OH is 1. The zero-order valence-corrected chi connectivity index (χ0v) is 26.2. The molecule has 8 heteroatoms. The van der Waals surface area contributed by atoms with Crippen LogP contribution in [0.4, 0.5) is 4.79 Å². The summed E-state index contributed by atoms with van der Waals surface area (Å²) in [5, 5.41) is 23.4. The monoisotopic (exact) mass is 603 g/mol. The summed E-state index contributed by atoms with van der Waals surface area (Å²) in [4.78, 5) is 17.4. The van der Waals surface area contributed by atoms with Crippen LogP contribution in [-0.2, 0) is 17.8 Å². The molecule has 0 saturated heterocycles. The third-order valence-corrected chi connectivity index (χ3v) is 8.37. The highest BCUT2D eigenvalue weighted by atomic mass is 16.6. The molecule has 5 aromatic rings. The fraction of sp³-hybridized carbons (Fsp3) is 0.324. The molecule has 1 aliphatic rings. The van der Waals surface area contributed by atoms with Crippen molar-refractivity contribution in [1.29, 1.82) is 5.41 Å². The summed E-state index contributed by atoms with van der Waals surface area (Å²) in [6.45, 7) is 6.42. The third kappa shape index (κ3) is 6.71. The van der Waals surface area contributed by atoms with E-state index in [-0.39, 0.29) is 12.1 Å². The van der Waals surface area contributed by atoms with E-state index < -0.39 is 11.7 Å². The summed E-state index contributed by atoms with van der Waals surface area (Å²) in [5.41, 5.74) is 6.71. The largest absolute Gasteiger partial charge is 0.444 e. The topological polar surface area (TPSA) is 105 Å². The average molecular weight is 604 g/mol. The molecular formula is C37H41N5O3. The summed E-state index contributed by atoms with van der Waals surface area (Å²) in [5.74, 6) is 0. The Morgan fingerprint density at radius 1 is 0.933 bits per heavy atom. The molecule has 0 spiro atoms. The van der Waals surface area contributed by atoms with Crippen LogP contribution >= 0.6 is 0 Å². The van der Waals surface area contributed by atoms with E-state index in [0.29, 0.717) is 18.6 Å². The number of nitrogens with zero attached hydrogens (tertiary/aromatic N) is 3. The fourth-order valence-corrected chi connectivity index (χ4v) is 6.33. The van der Waals surface area contributed by atoms with Crippen molar-refractivity contribution in [2.75, 3.05) is 0 Å². The van der Waals surface area contributed by atoms with Gasteiger partial charge in [0.1, 0.15) is 16.7 Å². The SMILES string of the molecule is CC(C)(C)OC(=O)NCc1cccc(Cn2c(-c3ccccc3)c(-c3ccccc3)c3c(=N)n(C4CCC(O)CC4)cnc32)c1. The van der Waals surface area contributed by atoms with E-state index in [1.165, 1.54) is 0 Å². The Bertz CT molecular complexity index is 1850. The van der Waals surface area contributed by atoms with Crippen molar-refractivity contribution < 1.29 is 14.6 Å². The van der Waals surface area contributed by atoms with Gasteiger partial charge in [-0.05, 0) is 68.7 Å². The lowest BCUT2D eigenvalue weighted by Gasteiger charge is -2.27. The van der Waals surface area contributed by atoms with Crippen molar-refractivity contribution in [3.63, 3.8) is 0 Å². The average Bonchev–Trinajstić information content (AvgIpc) is 3.35. The van der Waals surface area contributed by atoms with Gasteiger partial charge in [-0.2, -0.15) is 0 Å². The molecule has 3 aromatic carbocycles. The first-order valence-electron chi connectivity index (χ1n) is 15.7. The molecule has 1 amide bonds. The normalized spacial score (nSPS) is 16.9. The third-order valence-electron chi connectivity index (χ3n) is 8.37. The zero-order chi connectivity index (χ0) is 31.6. The van der Waals surface area contributed by atoms with Gasteiger partial charge in [0.05, 0.1) is 23.5 Å². The molecule has 1 aliphatic carbocycles. The predicted molar refractivity (Wildman–Crippen MR) is 177 cm³/mol. The molecule has 0 unspecified atom stereocenters. The van der Waals surface area contributed by atoms with Gasteiger partial charge in [0.15, 0.2) is 0 Å². The number of hydrogen-bond acceptors (Lipinski definition) is 5. The number of carbonyl (C=O) groups excluding carboxylic acids is 1. The van der Waals surface area contributed by atoms with Gasteiger partial charge in [0.25, 0.3) is 0 Å². The molecule has 0 radical (unpaired) electrons. The minimum Gasteiger partial charge on any atom is -0.444 e. The number of aromatic nitrogens is 3. The Balaban J connectivity index is 1.48. The maximum Gasteiger partial charge on any atom is 0.407 e. The van der Waals surface area contributed by atoms with Crippen LogP contribution in [-0.4, -0.2) is 37.0 Å². The Morgan fingerprint density at radius 2 is 1.58 bits per heavy atom. The van der Waals surface area contributed by atoms with Crippen LogP contribution in [0.5, 0.6) is 0 Å². The first kappa shape index (κ1) is 30.3. The maximum atomic E-state index is 12.3. The van der Waals surface area contributed by atoms with Gasteiger partial charge in [0.2, 0.25) is 0 Å². The van der Waals surface area contributed by atoms with Gasteiger partial charge in [0, 0.05) is 24.7 Å². The number of fused-ring (bicyclic) bond motifs is 1. The Hall–Kier alpha value is -4.69. The van der Waals surface area contributed by atoms with Gasteiger partial charge in [-0.3, -0.25) is 5.41 Å². The second-order valence-corrected chi connectivity index (χ2v) is 12.9. The molecule has 45 heavy (non-hydrogen) atoms. The first-order chi connectivity index (χ1) is 21.7. The minimum absolute atomic E-state index is 0.124. The second-order valence-electron chi connectivity index (χ2n) is 12.9. The molecule has 1 fully saturated rings. The van der Waals surface area contributed by atoms with Gasteiger partial charge >= 0.3 is 6.09 Å². The van der Waals surface area contributed by atoms with Crippen molar-refractivity contribution >= 4 is 17.1 Å². The molecular weight excluding hydrogens is 562 g/mol. The predicted octanol–water partition coefficient (Wildman–Crippen LogP) is 7.20. The highest BCUT2D eigenvalue weighted by Gasteiger charge is 2.26. The molecule has 0 aliphatic heterocycles. The fourth-order valence-electron chi connectivity index (χ4n) is 6.33. The van der Waals surface area contributed by atoms with Gasteiger partial charge in [-0.15, -0.1) is 0 Å². The van der Waals surface area contributed by atoms with Crippen LogP contribution in [0.3, 0.4) is 0 Å². The summed E-state index contributed by atoms with van der Waals surface area (Å²) in [7, 11) is 0. The standard InChI is InChI=1S/C37H41N5O3/c1-37(2,3)45-36(44)39-22-25-11-10-12-26(21-25)23-41-33(28-15-8-5-9-16-28)31(27-13-6-4-7-14-27)32-34(38)42(24-40-35(32)41)29-17-19-30(43)20-18-29/h4-16,21,24,29-30,38,43H,17-20,22-23H2,1-3H3,(H,39,44). The summed E-state index contributed by atoms with van der Waals surface area (Å²) >= 11 is 0. The molecule has 0 atom stereocenters. The molecule has 232 valence electrons. The highest BCUT2D eigenvalue weighted by molar-refractivity contribution is 6.02.